The summed E-state index contributed by atoms with van der Waals surface area (Å²) >= 11 is 0. The molecule has 2 aromatic carbocycles. The van der Waals surface area contributed by atoms with E-state index >= 15 is 0 Å². The monoisotopic (exact) mass is 577 g/mol. The van der Waals surface area contributed by atoms with Gasteiger partial charge in [-0.05, 0) is 48.6 Å². The average molecular weight is 578 g/mol. The molecule has 0 aromatic heterocycles. The number of carbonyl (C=O) groups is 2. The van der Waals surface area contributed by atoms with Crippen molar-refractivity contribution in [1.29, 1.82) is 0 Å². The number of carbonyl (C=O) groups excluding carboxylic acids is 2. The lowest BCUT2D eigenvalue weighted by molar-refractivity contribution is -0.128. The molecular weight excluding hydrogens is 541 g/mol. The van der Waals surface area contributed by atoms with Crippen LogP contribution < -0.4 is 10.6 Å². The molecule has 8 heteroatoms. The first kappa shape index (κ1) is 27.6. The fourth-order valence-electron chi connectivity index (χ4n) is 3.89. The van der Waals surface area contributed by atoms with Crippen LogP contribution in [0.5, 0.6) is 0 Å². The third-order valence-corrected chi connectivity index (χ3v) is 5.69. The van der Waals surface area contributed by atoms with Gasteiger partial charge in [0, 0.05) is 52.3 Å². The first-order chi connectivity index (χ1) is 16.0. The van der Waals surface area contributed by atoms with E-state index < -0.39 is 0 Å². The van der Waals surface area contributed by atoms with E-state index in [0.29, 0.717) is 31.6 Å². The van der Waals surface area contributed by atoms with Crippen LogP contribution in [0.3, 0.4) is 0 Å². The third kappa shape index (κ3) is 8.00. The minimum atomic E-state index is 0. The normalized spacial score (nSPS) is 13.4. The van der Waals surface area contributed by atoms with E-state index in [4.69, 9.17) is 4.99 Å². The topological polar surface area (TPSA) is 77.0 Å². The molecule has 34 heavy (non-hydrogen) atoms. The van der Waals surface area contributed by atoms with Crippen molar-refractivity contribution in [3.05, 3.63) is 70.8 Å². The van der Waals surface area contributed by atoms with Crippen molar-refractivity contribution in [3.8, 4) is 0 Å². The molecule has 0 atom stereocenters. The maximum atomic E-state index is 12.2. The zero-order chi connectivity index (χ0) is 23.6. The van der Waals surface area contributed by atoms with Gasteiger partial charge < -0.3 is 20.4 Å². The number of amides is 2. The molecule has 3 rings (SSSR count). The largest absolute Gasteiger partial charge is 0.357 e. The van der Waals surface area contributed by atoms with E-state index in [0.717, 1.165) is 48.6 Å². The molecule has 1 aliphatic heterocycles. The molecule has 2 amide bonds. The van der Waals surface area contributed by atoms with E-state index in [1.54, 1.807) is 19.0 Å². The summed E-state index contributed by atoms with van der Waals surface area (Å²) < 4.78 is 0. The Labute approximate surface area is 220 Å². The molecular formula is C26H36IN5O2. The van der Waals surface area contributed by atoms with Gasteiger partial charge in [-0.15, -0.1) is 24.0 Å². The Balaban J connectivity index is 0.00000408. The van der Waals surface area contributed by atoms with E-state index in [9.17, 15) is 9.59 Å². The standard InChI is InChI=1S/C26H35N5O2.HI/c1-4-27-26(28-15-14-20-9-7-12-21(17-20)25(33)30(2)3)29-18-22-10-5-6-11-23(22)19-31-16-8-13-24(31)32;/h5-7,9-12,17H,4,8,13-16,18-19H2,1-3H3,(H2,27,28,29);1H. The Morgan fingerprint density at radius 3 is 2.53 bits per heavy atom. The smallest absolute Gasteiger partial charge is 0.253 e. The van der Waals surface area contributed by atoms with Gasteiger partial charge in [-0.3, -0.25) is 9.59 Å². The van der Waals surface area contributed by atoms with Gasteiger partial charge in [0.05, 0.1) is 6.54 Å². The lowest BCUT2D eigenvalue weighted by Crippen LogP contribution is -2.38. The van der Waals surface area contributed by atoms with Crippen molar-refractivity contribution >= 4 is 41.8 Å². The van der Waals surface area contributed by atoms with Crippen LogP contribution in [0.4, 0.5) is 0 Å². The Morgan fingerprint density at radius 1 is 1.09 bits per heavy atom. The van der Waals surface area contributed by atoms with Gasteiger partial charge in [0.1, 0.15) is 0 Å². The summed E-state index contributed by atoms with van der Waals surface area (Å²) in [7, 11) is 3.52. The summed E-state index contributed by atoms with van der Waals surface area (Å²) in [5, 5.41) is 6.69. The molecule has 0 bridgehead atoms. The number of rotatable bonds is 9. The van der Waals surface area contributed by atoms with E-state index in [1.165, 1.54) is 0 Å². The summed E-state index contributed by atoms with van der Waals surface area (Å²) in [6.45, 7) is 5.54. The van der Waals surface area contributed by atoms with Crippen LogP contribution in [0.1, 0.15) is 46.8 Å². The number of halogens is 1. The highest BCUT2D eigenvalue weighted by molar-refractivity contribution is 14.0. The van der Waals surface area contributed by atoms with Crippen LogP contribution in [-0.2, 0) is 24.3 Å². The molecule has 2 aromatic rings. The second-order valence-electron chi connectivity index (χ2n) is 8.46. The van der Waals surface area contributed by atoms with Crippen molar-refractivity contribution in [3.63, 3.8) is 0 Å². The third-order valence-electron chi connectivity index (χ3n) is 5.69. The number of nitrogens with zero attached hydrogens (tertiary/aromatic N) is 3. The molecule has 0 aliphatic carbocycles. The Morgan fingerprint density at radius 2 is 1.85 bits per heavy atom. The van der Waals surface area contributed by atoms with Gasteiger partial charge in [-0.2, -0.15) is 0 Å². The lowest BCUT2D eigenvalue weighted by atomic mass is 10.1. The molecule has 0 radical (unpaired) electrons. The zero-order valence-electron chi connectivity index (χ0n) is 20.3. The summed E-state index contributed by atoms with van der Waals surface area (Å²) in [6.07, 6.45) is 2.38. The number of aliphatic imine (C=N–C) groups is 1. The predicted octanol–water partition coefficient (Wildman–Crippen LogP) is 3.43. The maximum Gasteiger partial charge on any atom is 0.253 e. The first-order valence-electron chi connectivity index (χ1n) is 11.6. The van der Waals surface area contributed by atoms with Crippen molar-refractivity contribution in [2.24, 2.45) is 4.99 Å². The van der Waals surface area contributed by atoms with Gasteiger partial charge >= 0.3 is 0 Å². The second kappa shape index (κ2) is 13.9. The molecule has 184 valence electrons. The fourth-order valence-corrected chi connectivity index (χ4v) is 3.89. The summed E-state index contributed by atoms with van der Waals surface area (Å²) in [5.41, 5.74) is 4.08. The van der Waals surface area contributed by atoms with Gasteiger partial charge in [0.25, 0.3) is 5.91 Å². The Kier molecular flexibility index (Phi) is 11.3. The van der Waals surface area contributed by atoms with Crippen molar-refractivity contribution in [1.82, 2.24) is 20.4 Å². The SMILES string of the molecule is CCNC(=NCc1ccccc1CN1CCCC1=O)NCCc1cccc(C(=O)N(C)C)c1.I. The summed E-state index contributed by atoms with van der Waals surface area (Å²) in [5.74, 6) is 0.999. The zero-order valence-corrected chi connectivity index (χ0v) is 22.7. The molecule has 1 aliphatic rings. The molecule has 1 saturated heterocycles. The molecule has 7 nitrogen and oxygen atoms in total. The number of likely N-dealkylation sites (tertiary alicyclic amines) is 1. The molecule has 1 heterocycles. The molecule has 0 spiro atoms. The van der Waals surface area contributed by atoms with Gasteiger partial charge in [0.2, 0.25) is 5.91 Å². The van der Waals surface area contributed by atoms with E-state index in [2.05, 4.69) is 22.8 Å². The predicted molar refractivity (Wildman–Crippen MR) is 147 cm³/mol. The van der Waals surface area contributed by atoms with Crippen molar-refractivity contribution in [2.45, 2.75) is 39.3 Å². The minimum absolute atomic E-state index is 0. The number of hydrogen-bond acceptors (Lipinski definition) is 3. The highest BCUT2D eigenvalue weighted by Crippen LogP contribution is 2.18. The molecule has 0 unspecified atom stereocenters. The average Bonchev–Trinajstić information content (AvgIpc) is 3.22. The Hall–Kier alpha value is -2.62. The Bertz CT molecular complexity index is 993. The van der Waals surface area contributed by atoms with Crippen LogP contribution in [0.15, 0.2) is 53.5 Å². The summed E-state index contributed by atoms with van der Waals surface area (Å²) in [6, 6.07) is 15.9. The van der Waals surface area contributed by atoms with Crippen molar-refractivity contribution < 1.29 is 9.59 Å². The molecule has 0 saturated carbocycles. The minimum Gasteiger partial charge on any atom is -0.357 e. The fraction of sp³-hybridized carbons (Fsp3) is 0.423. The van der Waals surface area contributed by atoms with Crippen LogP contribution in [0, 0.1) is 0 Å². The van der Waals surface area contributed by atoms with Crippen molar-refractivity contribution in [2.75, 3.05) is 33.7 Å². The first-order valence-corrected chi connectivity index (χ1v) is 11.6. The highest BCUT2D eigenvalue weighted by atomic mass is 127. The molecule has 2 N–H and O–H groups in total. The summed E-state index contributed by atoms with van der Waals surface area (Å²) in [4.78, 5) is 32.5. The second-order valence-corrected chi connectivity index (χ2v) is 8.46. The number of hydrogen-bond donors (Lipinski definition) is 2. The number of benzene rings is 2. The molecule has 1 fully saturated rings. The van der Waals surface area contributed by atoms with Gasteiger partial charge in [-0.1, -0.05) is 36.4 Å². The van der Waals surface area contributed by atoms with Crippen LogP contribution >= 0.6 is 24.0 Å². The van der Waals surface area contributed by atoms with Crippen LogP contribution in [-0.4, -0.2) is 61.3 Å². The van der Waals surface area contributed by atoms with Crippen LogP contribution in [0.2, 0.25) is 0 Å². The highest BCUT2D eigenvalue weighted by Gasteiger charge is 2.20. The van der Waals surface area contributed by atoms with E-state index in [1.807, 2.05) is 48.2 Å². The van der Waals surface area contributed by atoms with Gasteiger partial charge in [0.15, 0.2) is 5.96 Å². The quantitative estimate of drug-likeness (QED) is 0.272. The number of guanidine groups is 1. The van der Waals surface area contributed by atoms with Gasteiger partial charge in [-0.25, -0.2) is 4.99 Å². The van der Waals surface area contributed by atoms with Crippen LogP contribution in [0.25, 0.3) is 0 Å². The van der Waals surface area contributed by atoms with E-state index in [-0.39, 0.29) is 35.8 Å². The lowest BCUT2D eigenvalue weighted by Gasteiger charge is -2.18. The maximum absolute atomic E-state index is 12.2. The number of nitrogens with one attached hydrogen (secondary N) is 2.